The molecule has 2 rings (SSSR count). The van der Waals surface area contributed by atoms with Gasteiger partial charge >= 0.3 is 0 Å². The van der Waals surface area contributed by atoms with E-state index in [2.05, 4.69) is 0 Å². The molecule has 0 saturated carbocycles. The fourth-order valence-electron chi connectivity index (χ4n) is 1.54. The molecule has 0 radical (unpaired) electrons. The minimum atomic E-state index is 0.0799. The van der Waals surface area contributed by atoms with Crippen LogP contribution in [0, 0.1) is 0 Å². The van der Waals surface area contributed by atoms with Crippen LogP contribution in [-0.4, -0.2) is 62.0 Å². The quantitative estimate of drug-likeness (QED) is 0.591. The Bertz CT molecular complexity index is 230. The number of carbonyl (C=O) groups excluding carboxylic acids is 2. The maximum Gasteiger partial charge on any atom is 0.248 e. The number of likely N-dealkylation sites (N-methyl/N-ethyl adjacent to an activating group) is 1. The minimum Gasteiger partial charge on any atom is -0.370 e. The number of morpholine rings is 1. The highest BCUT2D eigenvalue weighted by Crippen LogP contribution is 2.06. The SMILES string of the molecule is CN1CCCCC1=O.CN1CCOCC1=O. The van der Waals surface area contributed by atoms with Gasteiger partial charge in [-0.2, -0.15) is 0 Å². The van der Waals surface area contributed by atoms with Crippen molar-refractivity contribution in [3.63, 3.8) is 0 Å². The van der Waals surface area contributed by atoms with Gasteiger partial charge in [0.2, 0.25) is 11.8 Å². The third-order valence-corrected chi connectivity index (χ3v) is 2.78. The summed E-state index contributed by atoms with van der Waals surface area (Å²) in [4.78, 5) is 24.8. The summed E-state index contributed by atoms with van der Waals surface area (Å²) in [5.41, 5.74) is 0. The number of hydrogen-bond acceptors (Lipinski definition) is 3. The summed E-state index contributed by atoms with van der Waals surface area (Å²) in [5.74, 6) is 0.382. The molecule has 0 N–H and O–H groups in total. The first-order valence-electron chi connectivity index (χ1n) is 5.67. The van der Waals surface area contributed by atoms with E-state index in [-0.39, 0.29) is 12.5 Å². The van der Waals surface area contributed by atoms with E-state index in [0.717, 1.165) is 25.9 Å². The number of nitrogens with zero attached hydrogens (tertiary/aromatic N) is 2. The second kappa shape index (κ2) is 6.48. The van der Waals surface area contributed by atoms with Gasteiger partial charge in [0.1, 0.15) is 6.61 Å². The van der Waals surface area contributed by atoms with Gasteiger partial charge in [-0.25, -0.2) is 0 Å². The van der Waals surface area contributed by atoms with Crippen LogP contribution >= 0.6 is 0 Å². The van der Waals surface area contributed by atoms with Crippen molar-refractivity contribution in [2.24, 2.45) is 0 Å². The molecule has 16 heavy (non-hydrogen) atoms. The van der Waals surface area contributed by atoms with Crippen molar-refractivity contribution in [1.82, 2.24) is 9.80 Å². The second-order valence-corrected chi connectivity index (χ2v) is 4.14. The molecule has 2 amide bonds. The van der Waals surface area contributed by atoms with Gasteiger partial charge in [-0.15, -0.1) is 0 Å². The highest BCUT2D eigenvalue weighted by Gasteiger charge is 2.13. The number of carbonyl (C=O) groups is 2. The maximum atomic E-state index is 10.7. The first-order valence-corrected chi connectivity index (χ1v) is 5.67. The highest BCUT2D eigenvalue weighted by atomic mass is 16.5. The summed E-state index contributed by atoms with van der Waals surface area (Å²) >= 11 is 0. The first kappa shape index (κ1) is 13.0. The fourth-order valence-corrected chi connectivity index (χ4v) is 1.54. The topological polar surface area (TPSA) is 49.9 Å². The predicted molar refractivity (Wildman–Crippen MR) is 59.9 cm³/mol. The predicted octanol–water partition coefficient (Wildman–Crippen LogP) is 0.104. The van der Waals surface area contributed by atoms with Crippen LogP contribution in [-0.2, 0) is 14.3 Å². The van der Waals surface area contributed by atoms with Gasteiger partial charge in [-0.05, 0) is 12.8 Å². The number of ether oxygens (including phenoxy) is 1. The molecule has 5 heteroatoms. The normalized spacial score (nSPS) is 21.6. The van der Waals surface area contributed by atoms with E-state index in [1.807, 2.05) is 7.05 Å². The Labute approximate surface area is 96.3 Å². The summed E-state index contributed by atoms with van der Waals surface area (Å²) in [7, 11) is 3.65. The van der Waals surface area contributed by atoms with E-state index in [0.29, 0.717) is 12.5 Å². The van der Waals surface area contributed by atoms with E-state index in [9.17, 15) is 9.59 Å². The molecule has 0 spiro atoms. The first-order chi connectivity index (χ1) is 7.61. The van der Waals surface area contributed by atoms with Gasteiger partial charge in [0.05, 0.1) is 6.61 Å². The zero-order chi connectivity index (χ0) is 12.0. The number of rotatable bonds is 0. The molecule has 2 aliphatic rings. The van der Waals surface area contributed by atoms with E-state index in [1.165, 1.54) is 6.42 Å². The lowest BCUT2D eigenvalue weighted by atomic mass is 10.1. The number of amides is 2. The Balaban J connectivity index is 0.000000160. The summed E-state index contributed by atoms with van der Waals surface area (Å²) in [6, 6.07) is 0. The molecule has 5 nitrogen and oxygen atoms in total. The minimum absolute atomic E-state index is 0.0799. The molecule has 0 atom stereocenters. The van der Waals surface area contributed by atoms with E-state index in [4.69, 9.17) is 4.74 Å². The van der Waals surface area contributed by atoms with Gasteiger partial charge in [-0.3, -0.25) is 9.59 Å². The molecule has 2 fully saturated rings. The Kier molecular flexibility index (Phi) is 5.25. The summed E-state index contributed by atoms with van der Waals surface area (Å²) in [5, 5.41) is 0. The molecule has 0 bridgehead atoms. The molecule has 2 saturated heterocycles. The summed E-state index contributed by atoms with van der Waals surface area (Å²) in [6.07, 6.45) is 3.03. The van der Waals surface area contributed by atoms with Crippen molar-refractivity contribution >= 4 is 11.8 Å². The third kappa shape index (κ3) is 4.18. The maximum absolute atomic E-state index is 10.7. The molecule has 0 aromatic carbocycles. The Hall–Kier alpha value is -1.10. The summed E-state index contributed by atoms with van der Waals surface area (Å²) in [6.45, 7) is 2.64. The molecule has 2 heterocycles. The molecule has 0 aromatic heterocycles. The van der Waals surface area contributed by atoms with Crippen molar-refractivity contribution in [2.45, 2.75) is 19.3 Å². The zero-order valence-electron chi connectivity index (χ0n) is 10.1. The average Bonchev–Trinajstić information content (AvgIpc) is 2.28. The molecular weight excluding hydrogens is 208 g/mol. The molecule has 0 unspecified atom stereocenters. The van der Waals surface area contributed by atoms with Crippen LogP contribution in [0.15, 0.2) is 0 Å². The van der Waals surface area contributed by atoms with Crippen LogP contribution in [0.5, 0.6) is 0 Å². The highest BCUT2D eigenvalue weighted by molar-refractivity contribution is 5.77. The van der Waals surface area contributed by atoms with E-state index in [1.54, 1.807) is 16.8 Å². The molecule has 0 aliphatic carbocycles. The second-order valence-electron chi connectivity index (χ2n) is 4.14. The molecule has 2 aliphatic heterocycles. The largest absolute Gasteiger partial charge is 0.370 e. The van der Waals surface area contributed by atoms with Gasteiger partial charge in [0.15, 0.2) is 0 Å². The standard InChI is InChI=1S/C6H11NO.C5H9NO2/c1-7-5-3-2-4-6(7)8;1-6-2-3-8-4-5(6)7/h2-5H2,1H3;2-4H2,1H3. The Morgan fingerprint density at radius 2 is 1.69 bits per heavy atom. The van der Waals surface area contributed by atoms with Gasteiger partial charge in [-0.1, -0.05) is 0 Å². The molecule has 0 aromatic rings. The number of hydrogen-bond donors (Lipinski definition) is 0. The van der Waals surface area contributed by atoms with Gasteiger partial charge < -0.3 is 14.5 Å². The van der Waals surface area contributed by atoms with E-state index < -0.39 is 0 Å². The van der Waals surface area contributed by atoms with Crippen molar-refractivity contribution in [1.29, 1.82) is 0 Å². The van der Waals surface area contributed by atoms with Crippen molar-refractivity contribution < 1.29 is 14.3 Å². The van der Waals surface area contributed by atoms with Crippen LogP contribution in [0.3, 0.4) is 0 Å². The number of piperidine rings is 1. The van der Waals surface area contributed by atoms with Crippen LogP contribution in [0.1, 0.15) is 19.3 Å². The third-order valence-electron chi connectivity index (χ3n) is 2.78. The van der Waals surface area contributed by atoms with Crippen molar-refractivity contribution in [3.05, 3.63) is 0 Å². The zero-order valence-corrected chi connectivity index (χ0v) is 10.1. The Morgan fingerprint density at radius 3 is 2.06 bits per heavy atom. The van der Waals surface area contributed by atoms with Gasteiger partial charge in [0, 0.05) is 33.6 Å². The van der Waals surface area contributed by atoms with Gasteiger partial charge in [0.25, 0.3) is 0 Å². The van der Waals surface area contributed by atoms with Crippen molar-refractivity contribution in [2.75, 3.05) is 40.4 Å². The molecular formula is C11H20N2O3. The van der Waals surface area contributed by atoms with Crippen LogP contribution in [0.25, 0.3) is 0 Å². The fraction of sp³-hybridized carbons (Fsp3) is 0.818. The lowest BCUT2D eigenvalue weighted by molar-refractivity contribution is -0.140. The average molecular weight is 228 g/mol. The monoisotopic (exact) mass is 228 g/mol. The van der Waals surface area contributed by atoms with E-state index >= 15 is 0 Å². The van der Waals surface area contributed by atoms with Crippen LogP contribution < -0.4 is 0 Å². The molecule has 92 valence electrons. The van der Waals surface area contributed by atoms with Crippen LogP contribution in [0.4, 0.5) is 0 Å². The lowest BCUT2D eigenvalue weighted by Crippen LogP contribution is -2.38. The smallest absolute Gasteiger partial charge is 0.248 e. The lowest BCUT2D eigenvalue weighted by Gasteiger charge is -2.21. The number of likely N-dealkylation sites (tertiary alicyclic amines) is 1. The van der Waals surface area contributed by atoms with Crippen molar-refractivity contribution in [3.8, 4) is 0 Å². The van der Waals surface area contributed by atoms with Crippen LogP contribution in [0.2, 0.25) is 0 Å². The summed E-state index contributed by atoms with van der Waals surface area (Å²) < 4.78 is 4.86. The Morgan fingerprint density at radius 1 is 1.00 bits per heavy atom.